The van der Waals surface area contributed by atoms with E-state index in [1.165, 1.54) is 6.42 Å². The van der Waals surface area contributed by atoms with Crippen LogP contribution in [0.2, 0.25) is 0 Å². The molecule has 0 aromatic heterocycles. The number of hydrogen-bond acceptors (Lipinski definition) is 2. The molecule has 1 amide bonds. The van der Waals surface area contributed by atoms with Gasteiger partial charge in [0.05, 0.1) is 0 Å². The number of hydrogen-bond donors (Lipinski definition) is 2. The van der Waals surface area contributed by atoms with Crippen LogP contribution in [-0.4, -0.2) is 25.0 Å². The molecule has 0 spiro atoms. The van der Waals surface area contributed by atoms with E-state index >= 15 is 0 Å². The molecule has 86 valence electrons. The summed E-state index contributed by atoms with van der Waals surface area (Å²) in [5, 5.41) is 6.53. The van der Waals surface area contributed by atoms with Crippen molar-refractivity contribution >= 4 is 5.91 Å². The van der Waals surface area contributed by atoms with Gasteiger partial charge >= 0.3 is 0 Å². The van der Waals surface area contributed by atoms with Crippen molar-refractivity contribution in [3.05, 3.63) is 0 Å². The molecule has 0 radical (unpaired) electrons. The maximum Gasteiger partial charge on any atom is 0.226 e. The van der Waals surface area contributed by atoms with Gasteiger partial charge in [0.1, 0.15) is 0 Å². The first-order valence-corrected chi connectivity index (χ1v) is 6.28. The summed E-state index contributed by atoms with van der Waals surface area (Å²) in [6, 6.07) is 0.376. The van der Waals surface area contributed by atoms with Crippen LogP contribution in [0.15, 0.2) is 0 Å². The van der Waals surface area contributed by atoms with Gasteiger partial charge in [-0.3, -0.25) is 4.79 Å². The van der Waals surface area contributed by atoms with Crippen LogP contribution in [0, 0.1) is 5.41 Å². The standard InChI is InChI=1S/C12H22N2O/c1-2-5-12(6-7-12)11(15)14-10-4-3-8-13-9-10/h10,13H,2-9H2,1H3,(H,14,15). The Bertz CT molecular complexity index is 230. The number of carbonyl (C=O) groups excluding carboxylic acids is 1. The van der Waals surface area contributed by atoms with E-state index in [0.29, 0.717) is 11.9 Å². The number of amides is 1. The van der Waals surface area contributed by atoms with Gasteiger partial charge in [-0.15, -0.1) is 0 Å². The van der Waals surface area contributed by atoms with Gasteiger partial charge in [-0.2, -0.15) is 0 Å². The zero-order chi connectivity index (χ0) is 10.7. The molecule has 1 saturated carbocycles. The smallest absolute Gasteiger partial charge is 0.226 e. The Morgan fingerprint density at radius 1 is 1.53 bits per heavy atom. The van der Waals surface area contributed by atoms with Crippen LogP contribution in [0.3, 0.4) is 0 Å². The summed E-state index contributed by atoms with van der Waals surface area (Å²) in [4.78, 5) is 12.0. The Kier molecular flexibility index (Phi) is 3.29. The van der Waals surface area contributed by atoms with Crippen molar-refractivity contribution < 1.29 is 4.79 Å². The summed E-state index contributed by atoms with van der Waals surface area (Å²) < 4.78 is 0. The Hall–Kier alpha value is -0.570. The Labute approximate surface area is 92.0 Å². The Morgan fingerprint density at radius 2 is 2.33 bits per heavy atom. The molecule has 1 heterocycles. The van der Waals surface area contributed by atoms with Crippen LogP contribution in [0.5, 0.6) is 0 Å². The minimum atomic E-state index is 0.0339. The molecule has 3 nitrogen and oxygen atoms in total. The molecule has 1 saturated heterocycles. The fraction of sp³-hybridized carbons (Fsp3) is 0.917. The molecule has 2 rings (SSSR count). The summed E-state index contributed by atoms with van der Waals surface area (Å²) in [7, 11) is 0. The van der Waals surface area contributed by atoms with E-state index in [1.807, 2.05) is 0 Å². The summed E-state index contributed by atoms with van der Waals surface area (Å²) >= 11 is 0. The van der Waals surface area contributed by atoms with Crippen molar-refractivity contribution in [2.75, 3.05) is 13.1 Å². The van der Waals surface area contributed by atoms with E-state index in [2.05, 4.69) is 17.6 Å². The number of nitrogens with one attached hydrogen (secondary N) is 2. The third kappa shape index (κ3) is 2.51. The predicted octanol–water partition coefficient (Wildman–Crippen LogP) is 1.43. The molecule has 0 bridgehead atoms. The molecule has 2 N–H and O–H groups in total. The van der Waals surface area contributed by atoms with Crippen LogP contribution < -0.4 is 10.6 Å². The molecule has 1 unspecified atom stereocenters. The molecule has 1 atom stereocenters. The van der Waals surface area contributed by atoms with E-state index in [4.69, 9.17) is 0 Å². The van der Waals surface area contributed by atoms with Crippen molar-refractivity contribution in [3.63, 3.8) is 0 Å². The third-order valence-corrected chi connectivity index (χ3v) is 3.70. The average Bonchev–Trinajstić information content (AvgIpc) is 3.01. The molecule has 1 aliphatic heterocycles. The first-order chi connectivity index (χ1) is 7.27. The van der Waals surface area contributed by atoms with Gasteiger partial charge in [0.25, 0.3) is 0 Å². The largest absolute Gasteiger partial charge is 0.352 e. The van der Waals surface area contributed by atoms with Gasteiger partial charge < -0.3 is 10.6 Å². The predicted molar refractivity (Wildman–Crippen MR) is 60.6 cm³/mol. The van der Waals surface area contributed by atoms with E-state index in [1.54, 1.807) is 0 Å². The summed E-state index contributed by atoms with van der Waals surface area (Å²) in [5.74, 6) is 0.318. The molecule has 0 aromatic carbocycles. The van der Waals surface area contributed by atoms with Crippen LogP contribution in [0.25, 0.3) is 0 Å². The molecule has 2 fully saturated rings. The minimum Gasteiger partial charge on any atom is -0.352 e. The number of rotatable bonds is 4. The molecule has 15 heavy (non-hydrogen) atoms. The molecule has 2 aliphatic rings. The second-order valence-electron chi connectivity index (χ2n) is 5.05. The highest BCUT2D eigenvalue weighted by atomic mass is 16.2. The number of carbonyl (C=O) groups is 1. The van der Waals surface area contributed by atoms with Crippen molar-refractivity contribution in [3.8, 4) is 0 Å². The lowest BCUT2D eigenvalue weighted by Crippen LogP contribution is -2.47. The highest BCUT2D eigenvalue weighted by Crippen LogP contribution is 2.49. The first-order valence-electron chi connectivity index (χ1n) is 6.28. The van der Waals surface area contributed by atoms with Gasteiger partial charge in [-0.1, -0.05) is 13.3 Å². The average molecular weight is 210 g/mol. The van der Waals surface area contributed by atoms with Crippen LogP contribution in [0.1, 0.15) is 45.4 Å². The van der Waals surface area contributed by atoms with Crippen molar-refractivity contribution in [2.45, 2.75) is 51.5 Å². The van der Waals surface area contributed by atoms with E-state index in [9.17, 15) is 4.79 Å². The Balaban J connectivity index is 1.80. The fourth-order valence-corrected chi connectivity index (χ4v) is 2.53. The SMILES string of the molecule is CCCC1(C(=O)NC2CCCNC2)CC1. The lowest BCUT2D eigenvalue weighted by Gasteiger charge is -2.26. The lowest BCUT2D eigenvalue weighted by molar-refractivity contribution is -0.127. The molecule has 0 aromatic rings. The van der Waals surface area contributed by atoms with Crippen LogP contribution >= 0.6 is 0 Å². The topological polar surface area (TPSA) is 41.1 Å². The van der Waals surface area contributed by atoms with E-state index in [-0.39, 0.29) is 5.41 Å². The highest BCUT2D eigenvalue weighted by Gasteiger charge is 2.48. The van der Waals surface area contributed by atoms with Crippen molar-refractivity contribution in [1.29, 1.82) is 0 Å². The van der Waals surface area contributed by atoms with E-state index in [0.717, 1.165) is 45.2 Å². The third-order valence-electron chi connectivity index (χ3n) is 3.70. The maximum absolute atomic E-state index is 12.0. The first kappa shape index (κ1) is 10.9. The summed E-state index contributed by atoms with van der Waals surface area (Å²) in [5.41, 5.74) is 0.0339. The van der Waals surface area contributed by atoms with Gasteiger partial charge in [0, 0.05) is 18.0 Å². The molecule has 1 aliphatic carbocycles. The van der Waals surface area contributed by atoms with Crippen molar-refractivity contribution in [2.24, 2.45) is 5.41 Å². The highest BCUT2D eigenvalue weighted by molar-refractivity contribution is 5.85. The molecular weight excluding hydrogens is 188 g/mol. The second kappa shape index (κ2) is 4.52. The fourth-order valence-electron chi connectivity index (χ4n) is 2.53. The van der Waals surface area contributed by atoms with Crippen molar-refractivity contribution in [1.82, 2.24) is 10.6 Å². The van der Waals surface area contributed by atoms with Crippen LogP contribution in [0.4, 0.5) is 0 Å². The molecule has 3 heteroatoms. The monoisotopic (exact) mass is 210 g/mol. The normalized spacial score (nSPS) is 28.5. The second-order valence-corrected chi connectivity index (χ2v) is 5.05. The van der Waals surface area contributed by atoms with Gasteiger partial charge in [-0.25, -0.2) is 0 Å². The van der Waals surface area contributed by atoms with Gasteiger partial charge in [0.15, 0.2) is 0 Å². The van der Waals surface area contributed by atoms with E-state index < -0.39 is 0 Å². The molecular formula is C12H22N2O. The summed E-state index contributed by atoms with van der Waals surface area (Å²) in [6.45, 7) is 4.22. The quantitative estimate of drug-likeness (QED) is 0.737. The lowest BCUT2D eigenvalue weighted by atomic mass is 9.98. The van der Waals surface area contributed by atoms with Gasteiger partial charge in [-0.05, 0) is 38.6 Å². The summed E-state index contributed by atoms with van der Waals surface area (Å²) in [6.07, 6.45) is 6.72. The van der Waals surface area contributed by atoms with Gasteiger partial charge in [0.2, 0.25) is 5.91 Å². The number of piperidine rings is 1. The van der Waals surface area contributed by atoms with Crippen LogP contribution in [-0.2, 0) is 4.79 Å². The zero-order valence-corrected chi connectivity index (χ0v) is 9.64. The maximum atomic E-state index is 12.0. The minimum absolute atomic E-state index is 0.0339. The zero-order valence-electron chi connectivity index (χ0n) is 9.64. The Morgan fingerprint density at radius 3 is 2.87 bits per heavy atom.